The van der Waals surface area contributed by atoms with Gasteiger partial charge in [-0.3, -0.25) is 0 Å². The third-order valence-corrected chi connectivity index (χ3v) is 4.01. The number of hydrogen-bond acceptors (Lipinski definition) is 4. The van der Waals surface area contributed by atoms with Crippen molar-refractivity contribution in [2.75, 3.05) is 36.0 Å². The van der Waals surface area contributed by atoms with Crippen LogP contribution in [0.1, 0.15) is 5.56 Å². The number of quaternary nitrogens is 1. The molecule has 6 heteroatoms. The summed E-state index contributed by atoms with van der Waals surface area (Å²) < 4.78 is 0. The van der Waals surface area contributed by atoms with E-state index in [0.717, 1.165) is 43.0 Å². The number of nitrogens with two attached hydrogens (primary N) is 1. The monoisotopic (exact) mass is 312 g/mol. The topological polar surface area (TPSA) is 101 Å². The molecule has 1 heterocycles. The van der Waals surface area contributed by atoms with Crippen molar-refractivity contribution in [2.24, 2.45) is 0 Å². The number of nitrogens with zero attached hydrogens (tertiary/aromatic N) is 3. The summed E-state index contributed by atoms with van der Waals surface area (Å²) >= 11 is 0. The van der Waals surface area contributed by atoms with Crippen LogP contribution < -0.4 is 15.3 Å². The molecule has 0 spiro atoms. The molecule has 2 aromatic rings. The highest BCUT2D eigenvalue weighted by Gasteiger charge is 2.17. The van der Waals surface area contributed by atoms with E-state index in [9.17, 15) is 5.21 Å². The lowest BCUT2D eigenvalue weighted by molar-refractivity contribution is -0.497. The largest absolute Gasteiger partial charge is 0.630 e. The molecule has 0 bridgehead atoms. The number of piperazine rings is 1. The minimum atomic E-state index is 0. The van der Waals surface area contributed by atoms with Gasteiger partial charge in [0.25, 0.3) is 0 Å². The summed E-state index contributed by atoms with van der Waals surface area (Å²) in [5.41, 5.74) is 4.52. The molecule has 1 fully saturated rings. The maximum atomic E-state index is 10.7. The molecular weight excluding hydrogens is 292 g/mol. The van der Waals surface area contributed by atoms with Crippen LogP contribution >= 0.6 is 0 Å². The van der Waals surface area contributed by atoms with Crippen LogP contribution in [0.5, 0.6) is 0 Å². The first-order valence-corrected chi connectivity index (χ1v) is 7.35. The zero-order valence-electron chi connectivity index (χ0n) is 12.8. The summed E-state index contributed by atoms with van der Waals surface area (Å²) in [5, 5.41) is 19.7. The number of nitriles is 1. The van der Waals surface area contributed by atoms with Gasteiger partial charge >= 0.3 is 0 Å². The zero-order valence-corrected chi connectivity index (χ0v) is 12.8. The fraction of sp³-hybridized carbons (Fsp3) is 0.235. The highest BCUT2D eigenvalue weighted by atomic mass is 16.5. The Balaban J connectivity index is 0.00000192. The molecule has 3 rings (SSSR count). The van der Waals surface area contributed by atoms with Gasteiger partial charge in [0.1, 0.15) is 5.69 Å². The lowest BCUT2D eigenvalue weighted by Crippen LogP contribution is -2.70. The van der Waals surface area contributed by atoms with E-state index in [1.165, 1.54) is 0 Å². The molecule has 0 radical (unpaired) electrons. The number of hydrogen-bond donors (Lipinski definition) is 1. The standard InChI is InChI=1S/C17H18N4O.H2O/c18-13-14-2-1-3-17(12-14)21-10-8-20(9-11-21)16-6-4-15(19-22)5-7-16;/h1-7,12H,8-11,19H2;1H2. The molecule has 0 unspecified atom stereocenters. The Morgan fingerprint density at radius 2 is 1.52 bits per heavy atom. The summed E-state index contributed by atoms with van der Waals surface area (Å²) in [6, 6.07) is 17.6. The molecule has 0 aliphatic carbocycles. The van der Waals surface area contributed by atoms with Crippen LogP contribution in [0.2, 0.25) is 0 Å². The summed E-state index contributed by atoms with van der Waals surface area (Å²) in [7, 11) is 0. The first-order valence-electron chi connectivity index (χ1n) is 7.35. The molecule has 1 aliphatic heterocycles. The van der Waals surface area contributed by atoms with Gasteiger partial charge in [0.2, 0.25) is 0 Å². The molecule has 6 nitrogen and oxygen atoms in total. The average Bonchev–Trinajstić information content (AvgIpc) is 2.62. The van der Waals surface area contributed by atoms with Gasteiger partial charge in [-0.15, -0.1) is 0 Å². The van der Waals surface area contributed by atoms with Gasteiger partial charge < -0.3 is 26.0 Å². The highest BCUT2D eigenvalue weighted by molar-refractivity contribution is 5.55. The van der Waals surface area contributed by atoms with Gasteiger partial charge in [-0.25, -0.2) is 0 Å². The second-order valence-electron chi connectivity index (χ2n) is 5.35. The maximum absolute atomic E-state index is 10.7. The molecular formula is C17H20N4O2. The number of anilines is 2. The van der Waals surface area contributed by atoms with E-state index in [4.69, 9.17) is 5.26 Å². The van der Waals surface area contributed by atoms with Gasteiger partial charge in [-0.05, 0) is 30.3 Å². The van der Waals surface area contributed by atoms with Gasteiger partial charge in [-0.1, -0.05) is 6.07 Å². The first-order chi connectivity index (χ1) is 10.8. The van der Waals surface area contributed by atoms with E-state index in [1.807, 2.05) is 42.5 Å². The average molecular weight is 312 g/mol. The van der Waals surface area contributed by atoms with Crippen molar-refractivity contribution in [2.45, 2.75) is 0 Å². The Hall–Kier alpha value is -2.59. The molecule has 23 heavy (non-hydrogen) atoms. The summed E-state index contributed by atoms with van der Waals surface area (Å²) in [6.07, 6.45) is 0. The normalized spacial score (nSPS) is 14.1. The number of benzene rings is 2. The Kier molecular flexibility index (Phi) is 5.55. The molecule has 4 N–H and O–H groups in total. The molecule has 0 aromatic heterocycles. The van der Waals surface area contributed by atoms with Crippen LogP contribution in [0.4, 0.5) is 17.1 Å². The van der Waals surface area contributed by atoms with Crippen molar-refractivity contribution in [3.63, 3.8) is 0 Å². The second kappa shape index (κ2) is 7.61. The van der Waals surface area contributed by atoms with E-state index in [2.05, 4.69) is 21.9 Å². The minimum absolute atomic E-state index is 0. The molecule has 0 amide bonds. The van der Waals surface area contributed by atoms with Crippen molar-refractivity contribution in [3.8, 4) is 6.07 Å². The van der Waals surface area contributed by atoms with Crippen LogP contribution in [-0.2, 0) is 0 Å². The predicted molar refractivity (Wildman–Crippen MR) is 90.6 cm³/mol. The third kappa shape index (κ3) is 3.79. The predicted octanol–water partition coefficient (Wildman–Crippen LogP) is 0.753. The summed E-state index contributed by atoms with van der Waals surface area (Å²) in [4.78, 5) is 4.62. The van der Waals surface area contributed by atoms with Crippen molar-refractivity contribution >= 4 is 17.1 Å². The minimum Gasteiger partial charge on any atom is -0.630 e. The quantitative estimate of drug-likeness (QED) is 0.667. The Morgan fingerprint density at radius 1 is 0.913 bits per heavy atom. The lowest BCUT2D eigenvalue weighted by atomic mass is 10.1. The Morgan fingerprint density at radius 3 is 2.09 bits per heavy atom. The first kappa shape index (κ1) is 16.8. The maximum Gasteiger partial charge on any atom is 0.129 e. The van der Waals surface area contributed by atoms with Crippen LogP contribution in [0.3, 0.4) is 0 Å². The molecule has 1 saturated heterocycles. The Labute approximate surface area is 135 Å². The molecule has 2 aromatic carbocycles. The SMILES string of the molecule is N#Cc1cccc(N2CCN(c3ccc([NH2+][O-])cc3)CC2)c1.O. The third-order valence-electron chi connectivity index (χ3n) is 4.01. The zero-order chi connectivity index (χ0) is 15.4. The van der Waals surface area contributed by atoms with Gasteiger partial charge in [0.05, 0.1) is 11.6 Å². The van der Waals surface area contributed by atoms with Gasteiger partial charge in [-0.2, -0.15) is 5.26 Å². The van der Waals surface area contributed by atoms with Gasteiger partial charge in [0, 0.05) is 49.7 Å². The molecule has 1 aliphatic rings. The van der Waals surface area contributed by atoms with Crippen LogP contribution in [-0.4, -0.2) is 31.7 Å². The van der Waals surface area contributed by atoms with E-state index < -0.39 is 0 Å². The molecule has 0 saturated carbocycles. The van der Waals surface area contributed by atoms with Crippen molar-refractivity contribution in [1.29, 1.82) is 5.26 Å². The smallest absolute Gasteiger partial charge is 0.129 e. The van der Waals surface area contributed by atoms with Crippen LogP contribution in [0.15, 0.2) is 48.5 Å². The van der Waals surface area contributed by atoms with Crippen molar-refractivity contribution in [1.82, 2.24) is 0 Å². The summed E-state index contributed by atoms with van der Waals surface area (Å²) in [5.74, 6) is 0. The Bertz CT molecular complexity index is 674. The lowest BCUT2D eigenvalue weighted by Gasteiger charge is -2.37. The fourth-order valence-electron chi connectivity index (χ4n) is 2.76. The van der Waals surface area contributed by atoms with Gasteiger partial charge in [0.15, 0.2) is 0 Å². The van der Waals surface area contributed by atoms with Crippen LogP contribution in [0, 0.1) is 16.5 Å². The van der Waals surface area contributed by atoms with E-state index in [-0.39, 0.29) is 5.48 Å². The summed E-state index contributed by atoms with van der Waals surface area (Å²) in [6.45, 7) is 3.70. The fourth-order valence-corrected chi connectivity index (χ4v) is 2.76. The van der Waals surface area contributed by atoms with E-state index >= 15 is 0 Å². The van der Waals surface area contributed by atoms with Crippen molar-refractivity contribution < 1.29 is 11.0 Å². The van der Waals surface area contributed by atoms with Crippen LogP contribution in [0.25, 0.3) is 0 Å². The second-order valence-corrected chi connectivity index (χ2v) is 5.35. The highest BCUT2D eigenvalue weighted by Crippen LogP contribution is 2.21. The number of rotatable bonds is 3. The molecule has 120 valence electrons. The molecule has 0 atom stereocenters. The van der Waals surface area contributed by atoms with Crippen molar-refractivity contribution in [3.05, 3.63) is 59.3 Å². The van der Waals surface area contributed by atoms with E-state index in [0.29, 0.717) is 11.3 Å². The van der Waals surface area contributed by atoms with E-state index in [1.54, 1.807) is 0 Å².